The van der Waals surface area contributed by atoms with Crippen molar-refractivity contribution >= 4 is 0 Å². The van der Waals surface area contributed by atoms with Crippen LogP contribution in [-0.2, 0) is 32.1 Å². The standard InChI is InChI=1S/C42H78/c1-7-12-17-22-27-32-38-37(6)39(33-28-23-18-13-8-2)41(35-30-25-20-15-10-4)42(36-31-26-21-16-11-5)40(38)34-29-24-19-14-9-3/h7-36H2,1-6H3. The van der Waals surface area contributed by atoms with Crippen molar-refractivity contribution in [2.24, 2.45) is 0 Å². The van der Waals surface area contributed by atoms with Gasteiger partial charge in [0, 0.05) is 0 Å². The van der Waals surface area contributed by atoms with Crippen LogP contribution in [0.5, 0.6) is 0 Å². The van der Waals surface area contributed by atoms with Gasteiger partial charge in [-0.25, -0.2) is 0 Å². The normalized spacial score (nSPS) is 11.6. The van der Waals surface area contributed by atoms with E-state index in [4.69, 9.17) is 0 Å². The van der Waals surface area contributed by atoms with Gasteiger partial charge in [0.25, 0.3) is 0 Å². The number of rotatable bonds is 30. The van der Waals surface area contributed by atoms with Crippen LogP contribution < -0.4 is 0 Å². The van der Waals surface area contributed by atoms with Gasteiger partial charge in [0.15, 0.2) is 0 Å². The lowest BCUT2D eigenvalue weighted by molar-refractivity contribution is 0.599. The summed E-state index contributed by atoms with van der Waals surface area (Å²) in [5.74, 6) is 0. The van der Waals surface area contributed by atoms with Crippen molar-refractivity contribution in [1.82, 2.24) is 0 Å². The van der Waals surface area contributed by atoms with E-state index in [2.05, 4.69) is 41.5 Å². The second kappa shape index (κ2) is 27.7. The summed E-state index contributed by atoms with van der Waals surface area (Å²) < 4.78 is 0. The molecule has 1 aromatic carbocycles. The Balaban J connectivity index is 3.45. The molecule has 0 saturated carbocycles. The summed E-state index contributed by atoms with van der Waals surface area (Å²) in [7, 11) is 0. The van der Waals surface area contributed by atoms with Gasteiger partial charge >= 0.3 is 0 Å². The van der Waals surface area contributed by atoms with Gasteiger partial charge in [-0.3, -0.25) is 0 Å². The maximum Gasteiger partial charge on any atom is -0.0273 e. The zero-order valence-corrected chi connectivity index (χ0v) is 30.2. The highest BCUT2D eigenvalue weighted by Gasteiger charge is 2.21. The average Bonchev–Trinajstić information content (AvgIpc) is 2.99. The highest BCUT2D eigenvalue weighted by Crippen LogP contribution is 2.35. The smallest absolute Gasteiger partial charge is 0.0273 e. The van der Waals surface area contributed by atoms with Crippen molar-refractivity contribution in [1.29, 1.82) is 0 Å². The van der Waals surface area contributed by atoms with E-state index in [1.165, 1.54) is 193 Å². The molecule has 0 aliphatic carbocycles. The molecule has 0 nitrogen and oxygen atoms in total. The third-order valence-corrected chi connectivity index (χ3v) is 10.0. The van der Waals surface area contributed by atoms with Crippen LogP contribution in [0.2, 0.25) is 0 Å². The average molecular weight is 583 g/mol. The summed E-state index contributed by atoms with van der Waals surface area (Å²) in [6, 6.07) is 0. The van der Waals surface area contributed by atoms with E-state index in [1.54, 1.807) is 5.56 Å². The topological polar surface area (TPSA) is 0 Å². The molecule has 0 amide bonds. The first-order valence-corrected chi connectivity index (χ1v) is 19.8. The molecule has 0 N–H and O–H groups in total. The number of hydrogen-bond donors (Lipinski definition) is 0. The van der Waals surface area contributed by atoms with E-state index >= 15 is 0 Å². The van der Waals surface area contributed by atoms with E-state index in [-0.39, 0.29) is 0 Å². The van der Waals surface area contributed by atoms with Crippen LogP contribution in [0.3, 0.4) is 0 Å². The van der Waals surface area contributed by atoms with Gasteiger partial charge in [0.1, 0.15) is 0 Å². The lowest BCUT2D eigenvalue weighted by atomic mass is 9.78. The largest absolute Gasteiger partial charge is 0.0654 e. The lowest BCUT2D eigenvalue weighted by Crippen LogP contribution is -2.13. The molecule has 246 valence electrons. The fourth-order valence-corrected chi connectivity index (χ4v) is 7.29. The van der Waals surface area contributed by atoms with E-state index < -0.39 is 0 Å². The van der Waals surface area contributed by atoms with E-state index in [1.807, 2.05) is 27.8 Å². The van der Waals surface area contributed by atoms with Gasteiger partial charge < -0.3 is 0 Å². The first kappa shape index (κ1) is 39.2. The van der Waals surface area contributed by atoms with Crippen molar-refractivity contribution in [2.75, 3.05) is 0 Å². The Morgan fingerprint density at radius 1 is 0.238 bits per heavy atom. The van der Waals surface area contributed by atoms with Gasteiger partial charge in [-0.05, 0) is 105 Å². The number of benzene rings is 1. The minimum atomic E-state index is 1.34. The molecule has 0 spiro atoms. The predicted molar refractivity (Wildman–Crippen MR) is 193 cm³/mol. The molecule has 0 heteroatoms. The Bertz CT molecular complexity index is 688. The van der Waals surface area contributed by atoms with Crippen LogP contribution >= 0.6 is 0 Å². The van der Waals surface area contributed by atoms with Gasteiger partial charge in [0.05, 0.1) is 0 Å². The predicted octanol–water partition coefficient (Wildman–Crippen LogP) is 14.6. The molecule has 0 heterocycles. The summed E-state index contributed by atoms with van der Waals surface area (Å²) >= 11 is 0. The van der Waals surface area contributed by atoms with Gasteiger partial charge in [0.2, 0.25) is 0 Å². The second-order valence-corrected chi connectivity index (χ2v) is 13.8. The van der Waals surface area contributed by atoms with Gasteiger partial charge in [-0.1, -0.05) is 163 Å². The molecule has 0 aliphatic heterocycles. The molecule has 0 aromatic heterocycles. The highest BCUT2D eigenvalue weighted by molar-refractivity contribution is 5.52. The SMILES string of the molecule is CCCCCCCc1c(C)c(CCCCCCC)c(CCCCCCC)c(CCCCCCC)c1CCCCCCC. The molecular formula is C42H78. The Morgan fingerprint density at radius 3 is 0.667 bits per heavy atom. The third kappa shape index (κ3) is 16.9. The summed E-state index contributed by atoms with van der Waals surface area (Å²) in [5.41, 5.74) is 11.0. The molecule has 42 heavy (non-hydrogen) atoms. The van der Waals surface area contributed by atoms with Crippen LogP contribution in [0.4, 0.5) is 0 Å². The summed E-state index contributed by atoms with van der Waals surface area (Å²) in [6.45, 7) is 14.3. The Morgan fingerprint density at radius 2 is 0.429 bits per heavy atom. The summed E-state index contributed by atoms with van der Waals surface area (Å²) in [5, 5.41) is 0. The molecule has 0 bridgehead atoms. The van der Waals surface area contributed by atoms with E-state index in [0.717, 1.165) is 0 Å². The zero-order chi connectivity index (χ0) is 30.7. The Labute approximate surface area is 267 Å². The quantitative estimate of drug-likeness (QED) is 0.0791. The molecule has 0 unspecified atom stereocenters. The monoisotopic (exact) mass is 583 g/mol. The molecule has 0 saturated heterocycles. The number of hydrogen-bond acceptors (Lipinski definition) is 0. The van der Waals surface area contributed by atoms with Crippen LogP contribution in [0.1, 0.15) is 229 Å². The van der Waals surface area contributed by atoms with E-state index in [9.17, 15) is 0 Å². The van der Waals surface area contributed by atoms with Gasteiger partial charge in [-0.2, -0.15) is 0 Å². The van der Waals surface area contributed by atoms with Crippen molar-refractivity contribution < 1.29 is 0 Å². The molecular weight excluding hydrogens is 504 g/mol. The van der Waals surface area contributed by atoms with Crippen LogP contribution in [0, 0.1) is 6.92 Å². The first-order chi connectivity index (χ1) is 20.7. The van der Waals surface area contributed by atoms with Crippen LogP contribution in [0.15, 0.2) is 0 Å². The van der Waals surface area contributed by atoms with Crippen molar-refractivity contribution in [3.05, 3.63) is 33.4 Å². The van der Waals surface area contributed by atoms with Crippen molar-refractivity contribution in [3.63, 3.8) is 0 Å². The summed E-state index contributed by atoms with van der Waals surface area (Å²) in [4.78, 5) is 0. The zero-order valence-electron chi connectivity index (χ0n) is 30.2. The maximum atomic E-state index is 2.56. The highest BCUT2D eigenvalue weighted by atomic mass is 14.3. The van der Waals surface area contributed by atoms with Crippen LogP contribution in [-0.4, -0.2) is 0 Å². The minimum absolute atomic E-state index is 1.34. The van der Waals surface area contributed by atoms with E-state index in [0.29, 0.717) is 0 Å². The third-order valence-electron chi connectivity index (χ3n) is 10.0. The molecule has 0 aliphatic rings. The van der Waals surface area contributed by atoms with Gasteiger partial charge in [-0.15, -0.1) is 0 Å². The fourth-order valence-electron chi connectivity index (χ4n) is 7.29. The van der Waals surface area contributed by atoms with Crippen molar-refractivity contribution in [2.45, 2.75) is 234 Å². The fraction of sp³-hybridized carbons (Fsp3) is 0.857. The van der Waals surface area contributed by atoms with Crippen LogP contribution in [0.25, 0.3) is 0 Å². The Kier molecular flexibility index (Phi) is 25.9. The van der Waals surface area contributed by atoms with Crippen molar-refractivity contribution in [3.8, 4) is 0 Å². The molecule has 0 atom stereocenters. The first-order valence-electron chi connectivity index (χ1n) is 19.8. The number of unbranched alkanes of at least 4 members (excludes halogenated alkanes) is 20. The molecule has 1 aromatic rings. The maximum absolute atomic E-state index is 2.56. The molecule has 0 fully saturated rings. The molecule has 1 rings (SSSR count). The lowest BCUT2D eigenvalue weighted by Gasteiger charge is -2.27. The summed E-state index contributed by atoms with van der Waals surface area (Å²) in [6.07, 6.45) is 41.7. The molecule has 0 radical (unpaired) electrons. The Hall–Kier alpha value is -0.780. The second-order valence-electron chi connectivity index (χ2n) is 13.8. The minimum Gasteiger partial charge on any atom is -0.0654 e.